The number of amides is 1. The second-order valence-electron chi connectivity index (χ2n) is 2.84. The van der Waals surface area contributed by atoms with E-state index in [4.69, 9.17) is 5.26 Å². The Balaban J connectivity index is 2.91. The van der Waals surface area contributed by atoms with Crippen LogP contribution in [0.15, 0.2) is 24.3 Å². The van der Waals surface area contributed by atoms with Crippen LogP contribution in [0.1, 0.15) is 10.4 Å². The van der Waals surface area contributed by atoms with Crippen LogP contribution >= 0.6 is 0 Å². The van der Waals surface area contributed by atoms with Gasteiger partial charge in [0.25, 0.3) is 5.91 Å². The lowest BCUT2D eigenvalue weighted by molar-refractivity contribution is 0.0809. The highest BCUT2D eigenvalue weighted by Crippen LogP contribution is 2.16. The van der Waals surface area contributed by atoms with Gasteiger partial charge in [-0.2, -0.15) is 5.26 Å². The third-order valence-electron chi connectivity index (χ3n) is 1.79. The van der Waals surface area contributed by atoms with Crippen LogP contribution in [0.3, 0.4) is 0 Å². The lowest BCUT2D eigenvalue weighted by Gasteiger charge is -2.13. The molecule has 0 saturated carbocycles. The number of aromatic hydroxyl groups is 1. The minimum Gasteiger partial charge on any atom is -0.507 e. The molecule has 1 aromatic carbocycles. The van der Waals surface area contributed by atoms with E-state index in [1.54, 1.807) is 12.1 Å². The maximum Gasteiger partial charge on any atom is 0.258 e. The van der Waals surface area contributed by atoms with Crippen molar-refractivity contribution in [3.63, 3.8) is 0 Å². The van der Waals surface area contributed by atoms with E-state index in [9.17, 15) is 9.90 Å². The number of hydrogen-bond acceptors (Lipinski definition) is 3. The van der Waals surface area contributed by atoms with E-state index in [1.165, 1.54) is 24.1 Å². The molecule has 0 aliphatic heterocycles. The molecule has 1 N–H and O–H groups in total. The Kier molecular flexibility index (Phi) is 3.08. The topological polar surface area (TPSA) is 64.3 Å². The van der Waals surface area contributed by atoms with Gasteiger partial charge in [-0.1, -0.05) is 12.1 Å². The van der Waals surface area contributed by atoms with Crippen molar-refractivity contribution in [1.29, 1.82) is 5.26 Å². The van der Waals surface area contributed by atoms with Gasteiger partial charge in [0.2, 0.25) is 0 Å². The van der Waals surface area contributed by atoms with Gasteiger partial charge in [0.15, 0.2) is 0 Å². The number of carbonyl (C=O) groups excluding carboxylic acids is 1. The minimum absolute atomic E-state index is 0.00711. The summed E-state index contributed by atoms with van der Waals surface area (Å²) in [6.45, 7) is 0.00711. The first kappa shape index (κ1) is 10.1. The molecule has 1 aromatic rings. The Hall–Kier alpha value is -2.02. The van der Waals surface area contributed by atoms with Gasteiger partial charge < -0.3 is 10.0 Å². The molecule has 14 heavy (non-hydrogen) atoms. The summed E-state index contributed by atoms with van der Waals surface area (Å²) in [7, 11) is 1.51. The van der Waals surface area contributed by atoms with Gasteiger partial charge in [0, 0.05) is 7.05 Å². The molecule has 72 valence electrons. The summed E-state index contributed by atoms with van der Waals surface area (Å²) in [5.74, 6) is -0.424. The van der Waals surface area contributed by atoms with Crippen LogP contribution in [0, 0.1) is 11.3 Å². The molecule has 0 aliphatic rings. The fourth-order valence-corrected chi connectivity index (χ4v) is 1.04. The lowest BCUT2D eigenvalue weighted by atomic mass is 10.2. The molecule has 0 aromatic heterocycles. The van der Waals surface area contributed by atoms with Gasteiger partial charge in [-0.3, -0.25) is 4.79 Å². The van der Waals surface area contributed by atoms with E-state index in [2.05, 4.69) is 0 Å². The average Bonchev–Trinajstić information content (AvgIpc) is 2.18. The van der Waals surface area contributed by atoms with Gasteiger partial charge in [0.1, 0.15) is 12.3 Å². The van der Waals surface area contributed by atoms with Gasteiger partial charge >= 0.3 is 0 Å². The second kappa shape index (κ2) is 4.28. The van der Waals surface area contributed by atoms with Crippen LogP contribution < -0.4 is 0 Å². The number of hydrogen-bond donors (Lipinski definition) is 1. The fourth-order valence-electron chi connectivity index (χ4n) is 1.04. The number of para-hydroxylation sites is 1. The Morgan fingerprint density at radius 2 is 2.21 bits per heavy atom. The number of nitriles is 1. The van der Waals surface area contributed by atoms with E-state index >= 15 is 0 Å². The van der Waals surface area contributed by atoms with Crippen molar-refractivity contribution >= 4 is 5.91 Å². The highest BCUT2D eigenvalue weighted by atomic mass is 16.3. The second-order valence-corrected chi connectivity index (χ2v) is 2.84. The standard InChI is InChI=1S/C10H10N2O2/c1-12(7-6-11)10(14)8-4-2-3-5-9(8)13/h2-5,13H,7H2,1H3. The molecule has 0 aliphatic carbocycles. The summed E-state index contributed by atoms with van der Waals surface area (Å²) in [4.78, 5) is 12.8. The molecule has 0 radical (unpaired) electrons. The fraction of sp³-hybridized carbons (Fsp3) is 0.200. The molecular formula is C10H10N2O2. The Labute approximate surface area is 82.0 Å². The average molecular weight is 190 g/mol. The van der Waals surface area contributed by atoms with Crippen molar-refractivity contribution in [3.8, 4) is 11.8 Å². The normalized spacial score (nSPS) is 9.14. The van der Waals surface area contributed by atoms with Gasteiger partial charge in [-0.15, -0.1) is 0 Å². The molecular weight excluding hydrogens is 180 g/mol. The Morgan fingerprint density at radius 3 is 2.79 bits per heavy atom. The van der Waals surface area contributed by atoms with Crippen molar-refractivity contribution in [3.05, 3.63) is 29.8 Å². The van der Waals surface area contributed by atoms with E-state index in [0.717, 1.165) is 0 Å². The molecule has 1 amide bonds. The number of phenols is 1. The number of benzene rings is 1. The lowest BCUT2D eigenvalue weighted by Crippen LogP contribution is -2.26. The first-order valence-corrected chi connectivity index (χ1v) is 4.07. The highest BCUT2D eigenvalue weighted by Gasteiger charge is 2.14. The molecule has 0 heterocycles. The maximum absolute atomic E-state index is 11.6. The van der Waals surface area contributed by atoms with Crippen molar-refractivity contribution in [2.75, 3.05) is 13.6 Å². The van der Waals surface area contributed by atoms with E-state index in [1.807, 2.05) is 6.07 Å². The van der Waals surface area contributed by atoms with Crippen LogP contribution in [-0.4, -0.2) is 29.5 Å². The third kappa shape index (κ3) is 2.02. The van der Waals surface area contributed by atoms with Gasteiger partial charge in [0.05, 0.1) is 11.6 Å². The van der Waals surface area contributed by atoms with E-state index in [-0.39, 0.29) is 23.8 Å². The van der Waals surface area contributed by atoms with Crippen molar-refractivity contribution in [2.24, 2.45) is 0 Å². The monoisotopic (exact) mass is 190 g/mol. The molecule has 4 heteroatoms. The number of carbonyl (C=O) groups is 1. The number of rotatable bonds is 2. The first-order chi connectivity index (χ1) is 6.66. The minimum atomic E-state index is -0.357. The summed E-state index contributed by atoms with van der Waals surface area (Å²) in [6, 6.07) is 8.11. The predicted molar refractivity (Wildman–Crippen MR) is 50.7 cm³/mol. The SMILES string of the molecule is CN(CC#N)C(=O)c1ccccc1O. The first-order valence-electron chi connectivity index (χ1n) is 4.07. The molecule has 1 rings (SSSR count). The van der Waals surface area contributed by atoms with Crippen LogP contribution in [-0.2, 0) is 0 Å². The zero-order chi connectivity index (χ0) is 10.6. The van der Waals surface area contributed by atoms with Crippen molar-refractivity contribution in [2.45, 2.75) is 0 Å². The third-order valence-corrected chi connectivity index (χ3v) is 1.79. The summed E-state index contributed by atoms with van der Waals surface area (Å²) >= 11 is 0. The van der Waals surface area contributed by atoms with E-state index < -0.39 is 0 Å². The molecule has 0 bridgehead atoms. The van der Waals surface area contributed by atoms with Gasteiger partial charge in [-0.25, -0.2) is 0 Å². The summed E-state index contributed by atoms with van der Waals surface area (Å²) in [5.41, 5.74) is 0.213. The van der Waals surface area contributed by atoms with Crippen molar-refractivity contribution < 1.29 is 9.90 Å². The number of nitrogens with zero attached hydrogens (tertiary/aromatic N) is 2. The number of phenolic OH excluding ortho intramolecular Hbond substituents is 1. The highest BCUT2D eigenvalue weighted by molar-refractivity contribution is 5.96. The molecule has 0 spiro atoms. The van der Waals surface area contributed by atoms with Crippen molar-refractivity contribution in [1.82, 2.24) is 4.90 Å². The van der Waals surface area contributed by atoms with Crippen LogP contribution in [0.4, 0.5) is 0 Å². The predicted octanol–water partition coefficient (Wildman–Crippen LogP) is 0.988. The smallest absolute Gasteiger partial charge is 0.258 e. The van der Waals surface area contributed by atoms with Crippen LogP contribution in [0.5, 0.6) is 5.75 Å². The zero-order valence-electron chi connectivity index (χ0n) is 7.77. The molecule has 0 fully saturated rings. The van der Waals surface area contributed by atoms with Gasteiger partial charge in [-0.05, 0) is 12.1 Å². The molecule has 0 unspecified atom stereocenters. The van der Waals surface area contributed by atoms with Crippen LogP contribution in [0.2, 0.25) is 0 Å². The molecule has 4 nitrogen and oxygen atoms in total. The van der Waals surface area contributed by atoms with Crippen LogP contribution in [0.25, 0.3) is 0 Å². The van der Waals surface area contributed by atoms with E-state index in [0.29, 0.717) is 0 Å². The Bertz CT molecular complexity index is 382. The molecule has 0 atom stereocenters. The molecule has 0 saturated heterocycles. The zero-order valence-corrected chi connectivity index (χ0v) is 7.77. The largest absolute Gasteiger partial charge is 0.507 e. The summed E-state index contributed by atoms with van der Waals surface area (Å²) < 4.78 is 0. The Morgan fingerprint density at radius 1 is 1.57 bits per heavy atom. The quantitative estimate of drug-likeness (QED) is 0.707. The maximum atomic E-state index is 11.6. The summed E-state index contributed by atoms with van der Waals surface area (Å²) in [5, 5.41) is 17.8. The summed E-state index contributed by atoms with van der Waals surface area (Å²) in [6.07, 6.45) is 0.